The summed E-state index contributed by atoms with van der Waals surface area (Å²) in [7, 11) is 1.47. The van der Waals surface area contributed by atoms with Crippen LogP contribution in [0.1, 0.15) is 15.9 Å². The van der Waals surface area contributed by atoms with Crippen molar-refractivity contribution in [3.05, 3.63) is 27.7 Å². The topological polar surface area (TPSA) is 55.6 Å². The number of rotatable bonds is 1. The van der Waals surface area contributed by atoms with Gasteiger partial charge in [-0.25, -0.2) is 5.06 Å². The molecule has 1 aliphatic rings. The van der Waals surface area contributed by atoms with Crippen LogP contribution >= 0.6 is 15.9 Å². The fraction of sp³-hybridized carbons (Fsp3) is 0.222. The number of anilines is 1. The van der Waals surface area contributed by atoms with Crippen LogP contribution in [0, 0.1) is 0 Å². The predicted octanol–water partition coefficient (Wildman–Crippen LogP) is 1.55. The summed E-state index contributed by atoms with van der Waals surface area (Å²) in [6, 6.07) is 3.54. The molecule has 0 atom stereocenters. The van der Waals surface area contributed by atoms with Gasteiger partial charge in [-0.3, -0.25) is 9.63 Å². The third kappa shape index (κ3) is 1.20. The maximum absolute atomic E-state index is 11.7. The fourth-order valence-corrected chi connectivity index (χ4v) is 1.99. The van der Waals surface area contributed by atoms with E-state index in [0.717, 1.165) is 10.0 Å². The fourth-order valence-electron chi connectivity index (χ4n) is 1.54. The Labute approximate surface area is 89.7 Å². The van der Waals surface area contributed by atoms with Crippen LogP contribution in [0.2, 0.25) is 0 Å². The van der Waals surface area contributed by atoms with E-state index in [2.05, 4.69) is 15.9 Å². The van der Waals surface area contributed by atoms with E-state index in [1.165, 1.54) is 12.2 Å². The number of nitrogens with zero attached hydrogens (tertiary/aromatic N) is 1. The Morgan fingerprint density at radius 1 is 1.57 bits per heavy atom. The molecular weight excluding hydrogens is 248 g/mol. The van der Waals surface area contributed by atoms with E-state index in [1.807, 2.05) is 6.07 Å². The van der Waals surface area contributed by atoms with Crippen LogP contribution in [0.5, 0.6) is 0 Å². The number of hydroxylamine groups is 2. The van der Waals surface area contributed by atoms with Crippen molar-refractivity contribution in [1.82, 2.24) is 5.06 Å². The highest BCUT2D eigenvalue weighted by Crippen LogP contribution is 2.33. The Hall–Kier alpha value is -1.07. The predicted molar refractivity (Wildman–Crippen MR) is 55.4 cm³/mol. The lowest BCUT2D eigenvalue weighted by Gasteiger charge is -2.10. The average molecular weight is 257 g/mol. The van der Waals surface area contributed by atoms with Crippen LogP contribution in [0.15, 0.2) is 16.6 Å². The van der Waals surface area contributed by atoms with Crippen LogP contribution in [-0.2, 0) is 11.4 Å². The number of hydrogen-bond acceptors (Lipinski definition) is 3. The SMILES string of the molecule is CON1Cc2c(Br)ccc(N)c2C1=O. The molecular formula is C9H9BrN2O2. The minimum absolute atomic E-state index is 0.179. The zero-order valence-electron chi connectivity index (χ0n) is 7.58. The second-order valence-electron chi connectivity index (χ2n) is 3.01. The van der Waals surface area contributed by atoms with Crippen molar-refractivity contribution in [3.8, 4) is 0 Å². The first-order valence-electron chi connectivity index (χ1n) is 4.08. The summed E-state index contributed by atoms with van der Waals surface area (Å²) in [6.07, 6.45) is 0. The molecule has 0 saturated heterocycles. The van der Waals surface area contributed by atoms with Gasteiger partial charge in [-0.2, -0.15) is 0 Å². The molecule has 5 heteroatoms. The van der Waals surface area contributed by atoms with E-state index in [4.69, 9.17) is 10.6 Å². The van der Waals surface area contributed by atoms with Gasteiger partial charge in [0.25, 0.3) is 5.91 Å². The van der Waals surface area contributed by atoms with Crippen LogP contribution in [0.4, 0.5) is 5.69 Å². The molecule has 1 heterocycles. The minimum Gasteiger partial charge on any atom is -0.398 e. The summed E-state index contributed by atoms with van der Waals surface area (Å²) in [5, 5.41) is 1.28. The average Bonchev–Trinajstić information content (AvgIpc) is 2.51. The van der Waals surface area contributed by atoms with Gasteiger partial charge in [-0.1, -0.05) is 15.9 Å². The van der Waals surface area contributed by atoms with Crippen molar-refractivity contribution in [2.45, 2.75) is 6.54 Å². The molecule has 1 aromatic carbocycles. The Morgan fingerprint density at radius 2 is 2.29 bits per heavy atom. The number of hydrogen-bond donors (Lipinski definition) is 1. The van der Waals surface area contributed by atoms with Gasteiger partial charge in [0.2, 0.25) is 0 Å². The Bertz CT molecular complexity index is 406. The van der Waals surface area contributed by atoms with Crippen LogP contribution in [-0.4, -0.2) is 18.1 Å². The highest BCUT2D eigenvalue weighted by molar-refractivity contribution is 9.10. The minimum atomic E-state index is -0.179. The van der Waals surface area contributed by atoms with Crippen molar-refractivity contribution in [3.63, 3.8) is 0 Å². The van der Waals surface area contributed by atoms with Crippen molar-refractivity contribution < 1.29 is 9.63 Å². The van der Waals surface area contributed by atoms with Gasteiger partial charge in [0.15, 0.2) is 0 Å². The second-order valence-corrected chi connectivity index (χ2v) is 3.87. The highest BCUT2D eigenvalue weighted by atomic mass is 79.9. The van der Waals surface area contributed by atoms with Gasteiger partial charge < -0.3 is 5.73 Å². The molecule has 0 saturated carbocycles. The molecule has 0 bridgehead atoms. The van der Waals surface area contributed by atoms with Crippen molar-refractivity contribution in [2.24, 2.45) is 0 Å². The van der Waals surface area contributed by atoms with Gasteiger partial charge in [-0.05, 0) is 12.1 Å². The summed E-state index contributed by atoms with van der Waals surface area (Å²) in [6.45, 7) is 0.441. The molecule has 0 aromatic heterocycles. The molecule has 4 nitrogen and oxygen atoms in total. The van der Waals surface area contributed by atoms with Gasteiger partial charge in [0, 0.05) is 15.7 Å². The lowest BCUT2D eigenvalue weighted by atomic mass is 10.1. The number of carbonyl (C=O) groups is 1. The largest absolute Gasteiger partial charge is 0.398 e. The smallest absolute Gasteiger partial charge is 0.280 e. The molecule has 0 fully saturated rings. The van der Waals surface area contributed by atoms with Gasteiger partial charge >= 0.3 is 0 Å². The second kappa shape index (κ2) is 3.25. The molecule has 0 aliphatic carbocycles. The first kappa shape index (κ1) is 9.48. The van der Waals surface area contributed by atoms with Gasteiger partial charge in [0.1, 0.15) is 0 Å². The number of amides is 1. The van der Waals surface area contributed by atoms with Crippen LogP contribution in [0.25, 0.3) is 0 Å². The number of nitrogen functional groups attached to an aromatic ring is 1. The quantitative estimate of drug-likeness (QED) is 0.776. The van der Waals surface area contributed by atoms with E-state index in [9.17, 15) is 4.79 Å². The van der Waals surface area contributed by atoms with E-state index < -0.39 is 0 Å². The zero-order valence-corrected chi connectivity index (χ0v) is 9.17. The lowest BCUT2D eigenvalue weighted by molar-refractivity contribution is -0.0957. The summed E-state index contributed by atoms with van der Waals surface area (Å²) in [5.41, 5.74) is 7.65. The lowest BCUT2D eigenvalue weighted by Crippen LogP contribution is -2.22. The maximum Gasteiger partial charge on any atom is 0.280 e. The van der Waals surface area contributed by atoms with Gasteiger partial charge in [-0.15, -0.1) is 0 Å². The normalized spacial score (nSPS) is 14.7. The number of nitrogens with two attached hydrogens (primary N) is 1. The molecule has 1 amide bonds. The summed E-state index contributed by atoms with van der Waals surface area (Å²) in [4.78, 5) is 16.6. The van der Waals surface area contributed by atoms with Crippen molar-refractivity contribution in [2.75, 3.05) is 12.8 Å². The molecule has 0 radical (unpaired) electrons. The third-order valence-corrected chi connectivity index (χ3v) is 2.99. The molecule has 2 rings (SSSR count). The van der Waals surface area contributed by atoms with Crippen molar-refractivity contribution in [1.29, 1.82) is 0 Å². The number of carbonyl (C=O) groups excluding carboxylic acids is 1. The molecule has 2 N–H and O–H groups in total. The summed E-state index contributed by atoms with van der Waals surface area (Å²) >= 11 is 3.38. The summed E-state index contributed by atoms with van der Waals surface area (Å²) in [5.74, 6) is -0.179. The van der Waals surface area contributed by atoms with Crippen molar-refractivity contribution >= 4 is 27.5 Å². The zero-order chi connectivity index (χ0) is 10.3. The van der Waals surface area contributed by atoms with E-state index in [-0.39, 0.29) is 5.91 Å². The van der Waals surface area contributed by atoms with E-state index in [1.54, 1.807) is 6.07 Å². The molecule has 14 heavy (non-hydrogen) atoms. The van der Waals surface area contributed by atoms with Crippen LogP contribution < -0.4 is 5.73 Å². The Balaban J connectivity index is 2.58. The third-order valence-electron chi connectivity index (χ3n) is 2.25. The monoisotopic (exact) mass is 256 g/mol. The maximum atomic E-state index is 11.7. The molecule has 1 aliphatic heterocycles. The Kier molecular flexibility index (Phi) is 2.20. The van der Waals surface area contributed by atoms with Gasteiger partial charge in [0.05, 0.1) is 19.2 Å². The molecule has 74 valence electrons. The highest BCUT2D eigenvalue weighted by Gasteiger charge is 2.31. The van der Waals surface area contributed by atoms with E-state index >= 15 is 0 Å². The molecule has 1 aromatic rings. The first-order valence-corrected chi connectivity index (χ1v) is 4.87. The van der Waals surface area contributed by atoms with E-state index in [0.29, 0.717) is 17.8 Å². The van der Waals surface area contributed by atoms with Crippen LogP contribution in [0.3, 0.4) is 0 Å². The number of fused-ring (bicyclic) bond motifs is 1. The molecule has 0 unspecified atom stereocenters. The Morgan fingerprint density at radius 3 is 2.86 bits per heavy atom. The summed E-state index contributed by atoms with van der Waals surface area (Å²) < 4.78 is 0.884. The standard InChI is InChI=1S/C9H9BrN2O2/c1-14-12-4-5-6(10)2-3-7(11)8(5)9(12)13/h2-3H,4,11H2,1H3. The molecule has 0 spiro atoms. The number of halogens is 1. The first-order chi connectivity index (χ1) is 6.65. The number of benzene rings is 1.